The first kappa shape index (κ1) is 15.4. The van der Waals surface area contributed by atoms with Crippen LogP contribution in [0.4, 0.5) is 0 Å². The third kappa shape index (κ3) is 2.53. The second-order valence-corrected chi connectivity index (χ2v) is 5.50. The van der Waals surface area contributed by atoms with E-state index >= 15 is 0 Å². The van der Waals surface area contributed by atoms with E-state index in [1.165, 1.54) is 36.4 Å². The van der Waals surface area contributed by atoms with Crippen molar-refractivity contribution in [1.82, 2.24) is 0 Å². The minimum atomic E-state index is -1.13. The first-order valence-electron chi connectivity index (χ1n) is 7.36. The molecule has 0 fully saturated rings. The van der Waals surface area contributed by atoms with Crippen molar-refractivity contribution < 1.29 is 15.3 Å². The van der Waals surface area contributed by atoms with Gasteiger partial charge in [0, 0.05) is 0 Å². The fourth-order valence-electron chi connectivity index (χ4n) is 2.83. The van der Waals surface area contributed by atoms with Crippen LogP contribution in [0, 0.1) is 11.3 Å². The summed E-state index contributed by atoms with van der Waals surface area (Å²) in [5.41, 5.74) is 0.910. The number of hydrogen-bond donors (Lipinski definition) is 3. The minimum Gasteiger partial charge on any atom is -0.508 e. The van der Waals surface area contributed by atoms with Crippen molar-refractivity contribution in [3.8, 4) is 23.3 Å². The summed E-state index contributed by atoms with van der Waals surface area (Å²) in [4.78, 5) is 0. The van der Waals surface area contributed by atoms with E-state index in [0.717, 1.165) is 0 Å². The van der Waals surface area contributed by atoms with Gasteiger partial charge in [-0.25, -0.2) is 0 Å². The molecular formula is C20H15NO3. The molecule has 0 aliphatic rings. The Labute approximate surface area is 139 Å². The van der Waals surface area contributed by atoms with Crippen molar-refractivity contribution in [2.24, 2.45) is 0 Å². The zero-order valence-corrected chi connectivity index (χ0v) is 12.7. The molecule has 0 aliphatic heterocycles. The van der Waals surface area contributed by atoms with Gasteiger partial charge >= 0.3 is 0 Å². The van der Waals surface area contributed by atoms with Crippen molar-refractivity contribution in [1.29, 1.82) is 5.26 Å². The molecule has 0 saturated heterocycles. The summed E-state index contributed by atoms with van der Waals surface area (Å²) >= 11 is 0. The predicted octanol–water partition coefficient (Wildman–Crippen LogP) is 3.66. The van der Waals surface area contributed by atoms with E-state index in [-0.39, 0.29) is 17.2 Å². The van der Waals surface area contributed by atoms with Crippen molar-refractivity contribution in [2.45, 2.75) is 5.41 Å². The molecule has 118 valence electrons. The quantitative estimate of drug-likeness (QED) is 0.644. The molecule has 0 aliphatic carbocycles. The van der Waals surface area contributed by atoms with Crippen LogP contribution in [0.25, 0.3) is 0 Å². The molecule has 3 N–H and O–H groups in total. The number of hydrogen-bond acceptors (Lipinski definition) is 4. The van der Waals surface area contributed by atoms with Crippen LogP contribution in [0.1, 0.15) is 16.7 Å². The average Bonchev–Trinajstić information content (AvgIpc) is 2.60. The fraction of sp³-hybridized carbons (Fsp3) is 0.0500. The Bertz CT molecular complexity index is 765. The molecule has 3 aromatic carbocycles. The molecule has 0 unspecified atom stereocenters. The van der Waals surface area contributed by atoms with Crippen LogP contribution in [0.5, 0.6) is 17.2 Å². The second-order valence-electron chi connectivity index (χ2n) is 5.50. The number of nitriles is 1. The van der Waals surface area contributed by atoms with E-state index in [1.807, 2.05) is 0 Å². The molecular weight excluding hydrogens is 302 g/mol. The Kier molecular flexibility index (Phi) is 3.85. The predicted molar refractivity (Wildman–Crippen MR) is 89.8 cm³/mol. The van der Waals surface area contributed by atoms with Gasteiger partial charge in [-0.1, -0.05) is 36.4 Å². The normalized spacial score (nSPS) is 11.0. The van der Waals surface area contributed by atoms with Gasteiger partial charge in [0.05, 0.1) is 6.07 Å². The largest absolute Gasteiger partial charge is 0.508 e. The summed E-state index contributed by atoms with van der Waals surface area (Å²) in [6.45, 7) is 0. The fourth-order valence-corrected chi connectivity index (χ4v) is 2.83. The number of aromatic hydroxyl groups is 3. The smallest absolute Gasteiger partial charge is 0.132 e. The van der Waals surface area contributed by atoms with E-state index < -0.39 is 5.41 Å². The van der Waals surface area contributed by atoms with Crippen molar-refractivity contribution in [2.75, 3.05) is 0 Å². The van der Waals surface area contributed by atoms with E-state index in [4.69, 9.17) is 0 Å². The lowest BCUT2D eigenvalue weighted by atomic mass is 9.70. The van der Waals surface area contributed by atoms with Crippen LogP contribution < -0.4 is 0 Å². The van der Waals surface area contributed by atoms with Crippen LogP contribution in [-0.4, -0.2) is 15.3 Å². The number of phenolic OH excluding ortho intramolecular Hbond substituents is 3. The molecule has 4 heteroatoms. The standard InChI is InChI=1S/C20H15NO3/c21-13-20(14-1-7-17(22)8-2-14,15-3-9-18(23)10-4-15)16-5-11-19(24)12-6-16/h1-12,22-24H. The van der Waals surface area contributed by atoms with E-state index in [1.54, 1.807) is 36.4 Å². The lowest BCUT2D eigenvalue weighted by Gasteiger charge is -2.28. The zero-order chi connectivity index (χ0) is 17.2. The second kappa shape index (κ2) is 5.98. The molecule has 0 bridgehead atoms. The van der Waals surface area contributed by atoms with Gasteiger partial charge in [0.1, 0.15) is 22.7 Å². The molecule has 3 rings (SSSR count). The van der Waals surface area contributed by atoms with E-state index in [9.17, 15) is 20.6 Å². The van der Waals surface area contributed by atoms with Crippen molar-refractivity contribution in [3.63, 3.8) is 0 Å². The van der Waals surface area contributed by atoms with E-state index in [2.05, 4.69) is 6.07 Å². The molecule has 0 heterocycles. The molecule has 24 heavy (non-hydrogen) atoms. The number of nitrogens with zero attached hydrogens (tertiary/aromatic N) is 1. The van der Waals surface area contributed by atoms with Crippen LogP contribution in [-0.2, 0) is 5.41 Å². The van der Waals surface area contributed by atoms with Crippen LogP contribution in [0.15, 0.2) is 72.8 Å². The minimum absolute atomic E-state index is 0.113. The third-order valence-electron chi connectivity index (χ3n) is 4.07. The van der Waals surface area contributed by atoms with Crippen LogP contribution >= 0.6 is 0 Å². The third-order valence-corrected chi connectivity index (χ3v) is 4.07. The average molecular weight is 317 g/mol. The molecule has 0 atom stereocenters. The van der Waals surface area contributed by atoms with Gasteiger partial charge in [-0.15, -0.1) is 0 Å². The zero-order valence-electron chi connectivity index (χ0n) is 12.7. The Morgan fingerprint density at radius 3 is 1.00 bits per heavy atom. The van der Waals surface area contributed by atoms with Crippen molar-refractivity contribution >= 4 is 0 Å². The molecule has 0 spiro atoms. The number of phenols is 3. The molecule has 0 amide bonds. The first-order valence-corrected chi connectivity index (χ1v) is 7.36. The van der Waals surface area contributed by atoms with Crippen LogP contribution in [0.2, 0.25) is 0 Å². The lowest BCUT2D eigenvalue weighted by molar-refractivity contribution is 0.475. The first-order chi connectivity index (χ1) is 11.6. The van der Waals surface area contributed by atoms with Gasteiger partial charge in [0.25, 0.3) is 0 Å². The monoisotopic (exact) mass is 317 g/mol. The summed E-state index contributed by atoms with van der Waals surface area (Å²) in [5, 5.41) is 38.8. The van der Waals surface area contributed by atoms with Gasteiger partial charge < -0.3 is 15.3 Å². The highest BCUT2D eigenvalue weighted by Crippen LogP contribution is 2.40. The maximum absolute atomic E-state index is 10.1. The van der Waals surface area contributed by atoms with Crippen molar-refractivity contribution in [3.05, 3.63) is 89.5 Å². The van der Waals surface area contributed by atoms with Gasteiger partial charge in [-0.2, -0.15) is 5.26 Å². The van der Waals surface area contributed by atoms with Gasteiger partial charge in [0.15, 0.2) is 0 Å². The highest BCUT2D eigenvalue weighted by molar-refractivity contribution is 5.58. The summed E-state index contributed by atoms with van der Waals surface area (Å²) in [5.74, 6) is 0.339. The maximum atomic E-state index is 10.1. The Morgan fingerprint density at radius 2 is 0.792 bits per heavy atom. The lowest BCUT2D eigenvalue weighted by Crippen LogP contribution is -2.27. The highest BCUT2D eigenvalue weighted by atomic mass is 16.3. The SMILES string of the molecule is N#CC(c1ccc(O)cc1)(c1ccc(O)cc1)c1ccc(O)cc1. The highest BCUT2D eigenvalue weighted by Gasteiger charge is 2.36. The maximum Gasteiger partial charge on any atom is 0.132 e. The van der Waals surface area contributed by atoms with Gasteiger partial charge in [-0.3, -0.25) is 0 Å². The molecule has 3 aromatic rings. The number of benzene rings is 3. The van der Waals surface area contributed by atoms with Crippen LogP contribution in [0.3, 0.4) is 0 Å². The molecule has 4 nitrogen and oxygen atoms in total. The summed E-state index contributed by atoms with van der Waals surface area (Å²) in [6, 6.07) is 21.7. The summed E-state index contributed by atoms with van der Waals surface area (Å²) in [6.07, 6.45) is 0. The summed E-state index contributed by atoms with van der Waals surface area (Å²) in [7, 11) is 0. The summed E-state index contributed by atoms with van der Waals surface area (Å²) < 4.78 is 0. The topological polar surface area (TPSA) is 84.5 Å². The van der Waals surface area contributed by atoms with Gasteiger partial charge in [0.2, 0.25) is 0 Å². The Hall–Kier alpha value is -3.45. The van der Waals surface area contributed by atoms with Gasteiger partial charge in [-0.05, 0) is 53.1 Å². The Morgan fingerprint density at radius 1 is 0.542 bits per heavy atom. The number of rotatable bonds is 3. The molecule has 0 saturated carbocycles. The Balaban J connectivity index is 2.30. The van der Waals surface area contributed by atoms with E-state index in [0.29, 0.717) is 16.7 Å². The molecule has 0 radical (unpaired) electrons. The molecule has 0 aromatic heterocycles.